The highest BCUT2D eigenvalue weighted by atomic mass is 32.1. The predicted molar refractivity (Wildman–Crippen MR) is 58.4 cm³/mol. The van der Waals surface area contributed by atoms with Gasteiger partial charge in [-0.1, -0.05) is 12.1 Å². The van der Waals surface area contributed by atoms with Gasteiger partial charge in [-0.15, -0.1) is 0 Å². The van der Waals surface area contributed by atoms with E-state index in [9.17, 15) is 4.79 Å². The van der Waals surface area contributed by atoms with Crippen LogP contribution < -0.4 is 5.73 Å². The minimum Gasteiger partial charge on any atom is -0.465 e. The van der Waals surface area contributed by atoms with Crippen LogP contribution in [0.4, 0.5) is 0 Å². The number of hydrogen-bond acceptors (Lipinski definition) is 4. The fourth-order valence-electron chi connectivity index (χ4n) is 1.18. The molecule has 1 aromatic carbocycles. The number of thiol groups is 1. The first kappa shape index (κ1) is 11.1. The molecular weight excluding hydrogens is 198 g/mol. The second-order valence-corrected chi connectivity index (χ2v) is 3.63. The molecule has 0 amide bonds. The van der Waals surface area contributed by atoms with Gasteiger partial charge in [-0.05, 0) is 24.1 Å². The highest BCUT2D eigenvalue weighted by molar-refractivity contribution is 7.80. The minimum absolute atomic E-state index is 0.206. The fourth-order valence-corrected chi connectivity index (χ4v) is 1.40. The van der Waals surface area contributed by atoms with E-state index < -0.39 is 0 Å². The average Bonchev–Trinajstić information content (AvgIpc) is 2.16. The highest BCUT2D eigenvalue weighted by Crippen LogP contribution is 2.09. The van der Waals surface area contributed by atoms with Crippen LogP contribution in [0.1, 0.15) is 15.9 Å². The standard InChI is InChI=1S/C10H13NO2S/c1-13-10(12)8-4-2-3-7(5-8)6-9(11)14/h2-5,9,14H,6,11H2,1H3. The summed E-state index contributed by atoms with van der Waals surface area (Å²) in [5.41, 5.74) is 7.05. The summed E-state index contributed by atoms with van der Waals surface area (Å²) >= 11 is 4.08. The Labute approximate surface area is 88.7 Å². The highest BCUT2D eigenvalue weighted by Gasteiger charge is 2.06. The summed E-state index contributed by atoms with van der Waals surface area (Å²) in [6.07, 6.45) is 0.633. The van der Waals surface area contributed by atoms with Crippen LogP contribution in [-0.2, 0) is 11.2 Å². The van der Waals surface area contributed by atoms with Crippen molar-refractivity contribution in [2.24, 2.45) is 5.73 Å². The molecule has 3 nitrogen and oxygen atoms in total. The number of carbonyl (C=O) groups excluding carboxylic acids is 1. The predicted octanol–water partition coefficient (Wildman–Crippen LogP) is 1.23. The van der Waals surface area contributed by atoms with E-state index in [1.54, 1.807) is 18.2 Å². The first-order valence-corrected chi connectivity index (χ1v) is 4.76. The van der Waals surface area contributed by atoms with E-state index in [0.717, 1.165) is 5.56 Å². The second kappa shape index (κ2) is 5.02. The Bertz CT molecular complexity index is 326. The number of esters is 1. The smallest absolute Gasteiger partial charge is 0.337 e. The Morgan fingerprint density at radius 1 is 1.64 bits per heavy atom. The molecule has 0 radical (unpaired) electrons. The van der Waals surface area contributed by atoms with Crippen molar-refractivity contribution in [3.05, 3.63) is 35.4 Å². The van der Waals surface area contributed by atoms with Gasteiger partial charge >= 0.3 is 5.97 Å². The van der Waals surface area contributed by atoms with Crippen molar-refractivity contribution >= 4 is 18.6 Å². The maximum Gasteiger partial charge on any atom is 0.337 e. The number of nitrogens with two attached hydrogens (primary N) is 1. The normalized spacial score (nSPS) is 12.2. The van der Waals surface area contributed by atoms with Crippen molar-refractivity contribution in [3.63, 3.8) is 0 Å². The van der Waals surface area contributed by atoms with E-state index in [0.29, 0.717) is 12.0 Å². The molecule has 0 saturated heterocycles. The van der Waals surface area contributed by atoms with Crippen molar-refractivity contribution in [2.45, 2.75) is 11.8 Å². The summed E-state index contributed by atoms with van der Waals surface area (Å²) in [6.45, 7) is 0. The van der Waals surface area contributed by atoms with Crippen LogP contribution in [-0.4, -0.2) is 18.5 Å². The number of hydrogen-bond donors (Lipinski definition) is 2. The van der Waals surface area contributed by atoms with Gasteiger partial charge in [0, 0.05) is 0 Å². The van der Waals surface area contributed by atoms with Crippen LogP contribution in [0.3, 0.4) is 0 Å². The van der Waals surface area contributed by atoms with Gasteiger partial charge in [0.2, 0.25) is 0 Å². The van der Waals surface area contributed by atoms with Crippen LogP contribution in [0.25, 0.3) is 0 Å². The summed E-state index contributed by atoms with van der Waals surface area (Å²) < 4.78 is 4.61. The van der Waals surface area contributed by atoms with Gasteiger partial charge in [0.15, 0.2) is 0 Å². The van der Waals surface area contributed by atoms with Crippen LogP contribution in [0, 0.1) is 0 Å². The zero-order chi connectivity index (χ0) is 10.6. The summed E-state index contributed by atoms with van der Waals surface area (Å²) in [4.78, 5) is 11.2. The third-order valence-electron chi connectivity index (χ3n) is 1.79. The van der Waals surface area contributed by atoms with Gasteiger partial charge in [-0.2, -0.15) is 12.6 Å². The van der Waals surface area contributed by atoms with Gasteiger partial charge < -0.3 is 10.5 Å². The maximum absolute atomic E-state index is 11.2. The number of carbonyl (C=O) groups is 1. The Hall–Kier alpha value is -1.00. The maximum atomic E-state index is 11.2. The summed E-state index contributed by atoms with van der Waals surface area (Å²) in [5.74, 6) is -0.334. The molecule has 1 rings (SSSR count). The third kappa shape index (κ3) is 3.05. The van der Waals surface area contributed by atoms with Gasteiger partial charge in [0.05, 0.1) is 18.0 Å². The zero-order valence-corrected chi connectivity index (χ0v) is 8.83. The molecule has 0 heterocycles. The lowest BCUT2D eigenvalue weighted by molar-refractivity contribution is 0.0600. The SMILES string of the molecule is COC(=O)c1cccc(CC(N)S)c1. The van der Waals surface area contributed by atoms with E-state index in [1.807, 2.05) is 6.07 Å². The summed E-state index contributed by atoms with van der Waals surface area (Å²) in [6, 6.07) is 7.18. The quantitative estimate of drug-likeness (QED) is 0.449. The van der Waals surface area contributed by atoms with Crippen LogP contribution in [0.2, 0.25) is 0 Å². The number of benzene rings is 1. The van der Waals surface area contributed by atoms with E-state index in [4.69, 9.17) is 5.73 Å². The molecule has 0 aliphatic heterocycles. The van der Waals surface area contributed by atoms with Crippen molar-refractivity contribution in [2.75, 3.05) is 7.11 Å². The van der Waals surface area contributed by atoms with E-state index in [-0.39, 0.29) is 11.3 Å². The van der Waals surface area contributed by atoms with Gasteiger partial charge in [0.25, 0.3) is 0 Å². The molecule has 14 heavy (non-hydrogen) atoms. The van der Waals surface area contributed by atoms with Crippen molar-refractivity contribution < 1.29 is 9.53 Å². The number of methoxy groups -OCH3 is 1. The molecule has 0 saturated carbocycles. The lowest BCUT2D eigenvalue weighted by Crippen LogP contribution is -2.15. The molecule has 0 aromatic heterocycles. The lowest BCUT2D eigenvalue weighted by Gasteiger charge is -2.05. The van der Waals surface area contributed by atoms with Crippen LogP contribution in [0.15, 0.2) is 24.3 Å². The number of ether oxygens (including phenoxy) is 1. The Kier molecular flexibility index (Phi) is 3.98. The molecule has 1 atom stereocenters. The second-order valence-electron chi connectivity index (χ2n) is 2.96. The van der Waals surface area contributed by atoms with E-state index in [2.05, 4.69) is 17.4 Å². The van der Waals surface area contributed by atoms with Crippen molar-refractivity contribution in [1.29, 1.82) is 0 Å². The molecule has 1 aromatic rings. The van der Waals surface area contributed by atoms with E-state index in [1.165, 1.54) is 7.11 Å². The molecule has 0 bridgehead atoms. The first-order chi connectivity index (χ1) is 6.63. The van der Waals surface area contributed by atoms with Gasteiger partial charge in [-0.25, -0.2) is 4.79 Å². The molecule has 0 fully saturated rings. The molecule has 4 heteroatoms. The minimum atomic E-state index is -0.334. The molecule has 0 spiro atoms. The first-order valence-electron chi connectivity index (χ1n) is 4.24. The van der Waals surface area contributed by atoms with Crippen LogP contribution >= 0.6 is 12.6 Å². The Balaban J connectivity index is 2.84. The average molecular weight is 211 g/mol. The summed E-state index contributed by atoms with van der Waals surface area (Å²) in [5, 5.41) is -0.206. The fraction of sp³-hybridized carbons (Fsp3) is 0.300. The van der Waals surface area contributed by atoms with Crippen molar-refractivity contribution in [3.8, 4) is 0 Å². The lowest BCUT2D eigenvalue weighted by atomic mass is 10.1. The molecule has 0 aliphatic rings. The Morgan fingerprint density at radius 3 is 2.93 bits per heavy atom. The molecule has 76 valence electrons. The molecule has 1 unspecified atom stereocenters. The Morgan fingerprint density at radius 2 is 2.36 bits per heavy atom. The monoisotopic (exact) mass is 211 g/mol. The molecular formula is C10H13NO2S. The zero-order valence-electron chi connectivity index (χ0n) is 7.93. The topological polar surface area (TPSA) is 52.3 Å². The van der Waals surface area contributed by atoms with Gasteiger partial charge in [0.1, 0.15) is 0 Å². The van der Waals surface area contributed by atoms with Crippen LogP contribution in [0.5, 0.6) is 0 Å². The van der Waals surface area contributed by atoms with Crippen molar-refractivity contribution in [1.82, 2.24) is 0 Å². The van der Waals surface area contributed by atoms with E-state index >= 15 is 0 Å². The molecule has 0 aliphatic carbocycles. The molecule has 2 N–H and O–H groups in total. The van der Waals surface area contributed by atoms with Gasteiger partial charge in [-0.3, -0.25) is 0 Å². The number of rotatable bonds is 3. The summed E-state index contributed by atoms with van der Waals surface area (Å²) in [7, 11) is 1.36. The third-order valence-corrected chi connectivity index (χ3v) is 1.98. The largest absolute Gasteiger partial charge is 0.465 e.